The Morgan fingerprint density at radius 2 is 2.12 bits per heavy atom. The molecule has 0 atom stereocenters. The number of aryl methyl sites for hydroxylation is 1. The molecule has 0 radical (unpaired) electrons. The molecule has 7 heteroatoms. The molecule has 25 heavy (non-hydrogen) atoms. The third-order valence-electron chi connectivity index (χ3n) is 3.22. The summed E-state index contributed by atoms with van der Waals surface area (Å²) in [6, 6.07) is 10.2. The van der Waals surface area contributed by atoms with Gasteiger partial charge in [0.15, 0.2) is 18.1 Å². The van der Waals surface area contributed by atoms with Crippen LogP contribution in [0.25, 0.3) is 0 Å². The van der Waals surface area contributed by atoms with Crippen molar-refractivity contribution in [2.75, 3.05) is 13.2 Å². The van der Waals surface area contributed by atoms with Crippen molar-refractivity contribution < 1.29 is 19.4 Å². The molecular formula is C18H19ClN2O4. The number of rotatable bonds is 7. The number of carbonyl (C=O) groups is 1. The molecule has 0 aliphatic carbocycles. The van der Waals surface area contributed by atoms with E-state index in [0.717, 1.165) is 5.56 Å². The number of phenols is 1. The van der Waals surface area contributed by atoms with Crippen LogP contribution in [-0.2, 0) is 4.79 Å². The van der Waals surface area contributed by atoms with Crippen molar-refractivity contribution in [3.63, 3.8) is 0 Å². The van der Waals surface area contributed by atoms with Crippen LogP contribution in [0.15, 0.2) is 41.5 Å². The molecule has 0 saturated carbocycles. The van der Waals surface area contributed by atoms with Crippen LogP contribution < -0.4 is 14.9 Å². The largest absolute Gasteiger partial charge is 0.504 e. The number of benzene rings is 2. The highest BCUT2D eigenvalue weighted by Crippen LogP contribution is 2.28. The van der Waals surface area contributed by atoms with E-state index in [2.05, 4.69) is 10.5 Å². The van der Waals surface area contributed by atoms with Gasteiger partial charge in [0.05, 0.1) is 12.8 Å². The first-order chi connectivity index (χ1) is 12.0. The number of nitrogens with zero attached hydrogens (tertiary/aromatic N) is 1. The van der Waals surface area contributed by atoms with Gasteiger partial charge in [-0.15, -0.1) is 0 Å². The number of aromatic hydroxyl groups is 1. The van der Waals surface area contributed by atoms with E-state index in [-0.39, 0.29) is 12.4 Å². The van der Waals surface area contributed by atoms with Gasteiger partial charge in [-0.05, 0) is 49.7 Å². The molecule has 0 aliphatic heterocycles. The zero-order valence-electron chi connectivity index (χ0n) is 14.0. The van der Waals surface area contributed by atoms with E-state index in [9.17, 15) is 9.90 Å². The molecule has 2 N–H and O–H groups in total. The Morgan fingerprint density at radius 3 is 2.84 bits per heavy atom. The van der Waals surface area contributed by atoms with Crippen molar-refractivity contribution in [3.8, 4) is 17.2 Å². The van der Waals surface area contributed by atoms with Crippen LogP contribution in [0.3, 0.4) is 0 Å². The summed E-state index contributed by atoms with van der Waals surface area (Å²) in [7, 11) is 0. The summed E-state index contributed by atoms with van der Waals surface area (Å²) in [4.78, 5) is 11.7. The van der Waals surface area contributed by atoms with Gasteiger partial charge in [0.25, 0.3) is 5.91 Å². The molecule has 1 amide bonds. The van der Waals surface area contributed by atoms with Gasteiger partial charge in [-0.25, -0.2) is 5.43 Å². The van der Waals surface area contributed by atoms with Gasteiger partial charge in [0, 0.05) is 10.6 Å². The molecule has 0 unspecified atom stereocenters. The number of hydrogen-bond acceptors (Lipinski definition) is 5. The monoisotopic (exact) mass is 362 g/mol. The fourth-order valence-corrected chi connectivity index (χ4v) is 2.09. The van der Waals surface area contributed by atoms with Crippen LogP contribution in [0.4, 0.5) is 0 Å². The second-order valence-electron chi connectivity index (χ2n) is 5.12. The summed E-state index contributed by atoms with van der Waals surface area (Å²) in [5.41, 5.74) is 3.63. The van der Waals surface area contributed by atoms with E-state index in [1.807, 2.05) is 13.8 Å². The summed E-state index contributed by atoms with van der Waals surface area (Å²) >= 11 is 5.93. The SMILES string of the molecule is CCOc1cccc(/C=N\NC(=O)COc2ccc(Cl)c(C)c2)c1O. The van der Waals surface area contributed by atoms with Crippen molar-refractivity contribution in [2.45, 2.75) is 13.8 Å². The van der Waals surface area contributed by atoms with Crippen molar-refractivity contribution in [3.05, 3.63) is 52.5 Å². The lowest BCUT2D eigenvalue weighted by molar-refractivity contribution is -0.123. The molecule has 0 heterocycles. The Kier molecular flexibility index (Phi) is 6.65. The number of hydrazone groups is 1. The van der Waals surface area contributed by atoms with Crippen molar-refractivity contribution >= 4 is 23.7 Å². The van der Waals surface area contributed by atoms with Crippen LogP contribution >= 0.6 is 11.6 Å². The number of hydrogen-bond donors (Lipinski definition) is 2. The average Bonchev–Trinajstić information content (AvgIpc) is 2.59. The van der Waals surface area contributed by atoms with E-state index in [4.69, 9.17) is 21.1 Å². The first kappa shape index (κ1) is 18.6. The fourth-order valence-electron chi connectivity index (χ4n) is 1.98. The van der Waals surface area contributed by atoms with Crippen LogP contribution in [-0.4, -0.2) is 30.4 Å². The highest BCUT2D eigenvalue weighted by Gasteiger charge is 2.06. The maximum Gasteiger partial charge on any atom is 0.277 e. The molecule has 0 fully saturated rings. The standard InChI is InChI=1S/C18H19ClN2O4/c1-3-24-16-6-4-5-13(18(16)23)10-20-21-17(22)11-25-14-7-8-15(19)12(2)9-14/h4-10,23H,3,11H2,1-2H3,(H,21,22)/b20-10-. The molecule has 2 aromatic carbocycles. The Labute approximate surface area is 151 Å². The van der Waals surface area contributed by atoms with Crippen LogP contribution in [0, 0.1) is 6.92 Å². The predicted molar refractivity (Wildman–Crippen MR) is 96.7 cm³/mol. The second kappa shape index (κ2) is 8.94. The number of carbonyl (C=O) groups excluding carboxylic acids is 1. The van der Waals surface area contributed by atoms with E-state index >= 15 is 0 Å². The Balaban J connectivity index is 1.88. The molecule has 2 rings (SSSR count). The normalized spacial score (nSPS) is 10.7. The number of ether oxygens (including phenoxy) is 2. The molecule has 2 aromatic rings. The number of phenolic OH excluding ortho intramolecular Hbond substituents is 1. The second-order valence-corrected chi connectivity index (χ2v) is 5.53. The molecule has 0 saturated heterocycles. The molecule has 132 valence electrons. The maximum absolute atomic E-state index is 11.7. The number of halogens is 1. The minimum absolute atomic E-state index is 0.0322. The minimum atomic E-state index is -0.427. The van der Waals surface area contributed by atoms with Crippen LogP contribution in [0.5, 0.6) is 17.2 Å². The van der Waals surface area contributed by atoms with Gasteiger partial charge in [-0.2, -0.15) is 5.10 Å². The zero-order chi connectivity index (χ0) is 18.2. The van der Waals surface area contributed by atoms with Gasteiger partial charge in [-0.1, -0.05) is 17.7 Å². The van der Waals surface area contributed by atoms with Crippen LogP contribution in [0.2, 0.25) is 5.02 Å². The van der Waals surface area contributed by atoms with Gasteiger partial charge in [-0.3, -0.25) is 4.79 Å². The number of para-hydroxylation sites is 1. The number of nitrogens with one attached hydrogen (secondary N) is 1. The minimum Gasteiger partial charge on any atom is -0.504 e. The van der Waals surface area contributed by atoms with E-state index in [1.165, 1.54) is 6.21 Å². The van der Waals surface area contributed by atoms with Crippen molar-refractivity contribution in [2.24, 2.45) is 5.10 Å². The molecule has 0 spiro atoms. The lowest BCUT2D eigenvalue weighted by atomic mass is 10.2. The lowest BCUT2D eigenvalue weighted by Crippen LogP contribution is -2.24. The average molecular weight is 363 g/mol. The van der Waals surface area contributed by atoms with Gasteiger partial charge < -0.3 is 14.6 Å². The zero-order valence-corrected chi connectivity index (χ0v) is 14.7. The quantitative estimate of drug-likeness (QED) is 0.585. The summed E-state index contributed by atoms with van der Waals surface area (Å²) in [6.45, 7) is 3.92. The summed E-state index contributed by atoms with van der Waals surface area (Å²) in [6.07, 6.45) is 1.34. The summed E-state index contributed by atoms with van der Waals surface area (Å²) < 4.78 is 10.6. The highest BCUT2D eigenvalue weighted by atomic mass is 35.5. The molecule has 6 nitrogen and oxygen atoms in total. The van der Waals surface area contributed by atoms with E-state index < -0.39 is 5.91 Å². The Hall–Kier alpha value is -2.73. The summed E-state index contributed by atoms with van der Waals surface area (Å²) in [5, 5.41) is 14.5. The third-order valence-corrected chi connectivity index (χ3v) is 3.65. The molecule has 0 bridgehead atoms. The van der Waals surface area contributed by atoms with Gasteiger partial charge in [0.2, 0.25) is 0 Å². The first-order valence-electron chi connectivity index (χ1n) is 7.67. The summed E-state index contributed by atoms with van der Waals surface area (Å²) in [5.74, 6) is 0.446. The first-order valence-corrected chi connectivity index (χ1v) is 8.04. The van der Waals surface area contributed by atoms with Crippen molar-refractivity contribution in [1.29, 1.82) is 0 Å². The van der Waals surface area contributed by atoms with E-state index in [0.29, 0.717) is 28.7 Å². The lowest BCUT2D eigenvalue weighted by Gasteiger charge is -2.08. The van der Waals surface area contributed by atoms with E-state index in [1.54, 1.807) is 36.4 Å². The fraction of sp³-hybridized carbons (Fsp3) is 0.222. The molecule has 0 aromatic heterocycles. The Bertz CT molecular complexity index is 778. The Morgan fingerprint density at radius 1 is 1.32 bits per heavy atom. The van der Waals surface area contributed by atoms with Crippen molar-refractivity contribution in [1.82, 2.24) is 5.43 Å². The smallest absolute Gasteiger partial charge is 0.277 e. The van der Waals surface area contributed by atoms with Crippen LogP contribution in [0.1, 0.15) is 18.1 Å². The molecule has 0 aliphatic rings. The van der Waals surface area contributed by atoms with Gasteiger partial charge in [0.1, 0.15) is 5.75 Å². The maximum atomic E-state index is 11.7. The number of amides is 1. The third kappa shape index (κ3) is 5.39. The molecular weight excluding hydrogens is 344 g/mol. The van der Waals surface area contributed by atoms with Gasteiger partial charge >= 0.3 is 0 Å². The predicted octanol–water partition coefficient (Wildman–Crippen LogP) is 3.28. The topological polar surface area (TPSA) is 80.2 Å². The highest BCUT2D eigenvalue weighted by molar-refractivity contribution is 6.31.